The largest absolute Gasteiger partial charge is 0.352 e. The van der Waals surface area contributed by atoms with Crippen molar-refractivity contribution in [2.75, 3.05) is 6.54 Å². The van der Waals surface area contributed by atoms with Crippen molar-refractivity contribution in [3.63, 3.8) is 0 Å². The van der Waals surface area contributed by atoms with E-state index >= 15 is 0 Å². The number of aryl methyl sites for hydroxylation is 3. The standard InChI is InChI=1S/C15H18ClN3OS/c1-10-8-11(2)19(18-10)7-3-6-17-15(20)13-9-12(21)4-5-14(13)16/h4-5,8-9,21H,3,6-7H2,1-2H3,(H,17,20). The maximum absolute atomic E-state index is 12.0. The Balaban J connectivity index is 1.84. The molecule has 0 atom stereocenters. The summed E-state index contributed by atoms with van der Waals surface area (Å²) in [6.45, 7) is 5.35. The van der Waals surface area contributed by atoms with E-state index in [1.807, 2.05) is 24.6 Å². The van der Waals surface area contributed by atoms with Crippen molar-refractivity contribution in [3.05, 3.63) is 46.2 Å². The summed E-state index contributed by atoms with van der Waals surface area (Å²) in [6.07, 6.45) is 0.811. The van der Waals surface area contributed by atoms with Crippen LogP contribution in [0, 0.1) is 13.8 Å². The Bertz CT molecular complexity index is 654. The molecule has 0 fully saturated rings. The quantitative estimate of drug-likeness (QED) is 0.655. The second-order valence-corrected chi connectivity index (χ2v) is 5.85. The molecule has 21 heavy (non-hydrogen) atoms. The van der Waals surface area contributed by atoms with Crippen LogP contribution < -0.4 is 5.32 Å². The lowest BCUT2D eigenvalue weighted by Gasteiger charge is -2.08. The fraction of sp³-hybridized carbons (Fsp3) is 0.333. The fourth-order valence-corrected chi connectivity index (χ4v) is 2.52. The van der Waals surface area contributed by atoms with E-state index in [-0.39, 0.29) is 5.91 Å². The highest BCUT2D eigenvalue weighted by Crippen LogP contribution is 2.19. The number of rotatable bonds is 5. The molecular weight excluding hydrogens is 306 g/mol. The van der Waals surface area contributed by atoms with Gasteiger partial charge in [0.1, 0.15) is 0 Å². The van der Waals surface area contributed by atoms with Crippen LogP contribution in [0.3, 0.4) is 0 Å². The summed E-state index contributed by atoms with van der Waals surface area (Å²) in [5.41, 5.74) is 2.59. The van der Waals surface area contributed by atoms with Gasteiger partial charge in [-0.05, 0) is 44.5 Å². The summed E-state index contributed by atoms with van der Waals surface area (Å²) in [5.74, 6) is -0.177. The third kappa shape index (κ3) is 4.25. The van der Waals surface area contributed by atoms with E-state index in [1.165, 1.54) is 0 Å². The zero-order valence-corrected chi connectivity index (χ0v) is 13.7. The van der Waals surface area contributed by atoms with Gasteiger partial charge in [-0.2, -0.15) is 5.10 Å². The summed E-state index contributed by atoms with van der Waals surface area (Å²) >= 11 is 10.2. The van der Waals surface area contributed by atoms with Crippen molar-refractivity contribution in [1.29, 1.82) is 0 Å². The van der Waals surface area contributed by atoms with Crippen LogP contribution in [0.15, 0.2) is 29.2 Å². The van der Waals surface area contributed by atoms with E-state index in [0.717, 1.165) is 24.4 Å². The molecule has 0 bridgehead atoms. The SMILES string of the molecule is Cc1cc(C)n(CCCNC(=O)c2cc(S)ccc2Cl)n1. The van der Waals surface area contributed by atoms with Crippen LogP contribution in [0.1, 0.15) is 28.2 Å². The van der Waals surface area contributed by atoms with E-state index < -0.39 is 0 Å². The first-order valence-electron chi connectivity index (χ1n) is 6.75. The molecule has 0 radical (unpaired) electrons. The predicted octanol–water partition coefficient (Wildman–Crippen LogP) is 3.26. The Morgan fingerprint density at radius 2 is 2.14 bits per heavy atom. The van der Waals surface area contributed by atoms with Crippen molar-refractivity contribution >= 4 is 30.1 Å². The highest BCUT2D eigenvalue weighted by atomic mass is 35.5. The van der Waals surface area contributed by atoms with Gasteiger partial charge in [0.25, 0.3) is 5.91 Å². The number of carbonyl (C=O) groups excluding carboxylic acids is 1. The van der Waals surface area contributed by atoms with Gasteiger partial charge in [0.15, 0.2) is 0 Å². The summed E-state index contributed by atoms with van der Waals surface area (Å²) in [7, 11) is 0. The Hall–Kier alpha value is -1.46. The van der Waals surface area contributed by atoms with Gasteiger partial charge >= 0.3 is 0 Å². The normalized spacial score (nSPS) is 10.7. The molecule has 0 unspecified atom stereocenters. The topological polar surface area (TPSA) is 46.9 Å². The molecular formula is C15H18ClN3OS. The summed E-state index contributed by atoms with van der Waals surface area (Å²) in [4.78, 5) is 12.8. The zero-order chi connectivity index (χ0) is 15.4. The van der Waals surface area contributed by atoms with Gasteiger partial charge in [0.2, 0.25) is 0 Å². The number of thiol groups is 1. The molecule has 1 N–H and O–H groups in total. The molecule has 2 rings (SSSR count). The second-order valence-electron chi connectivity index (χ2n) is 4.92. The van der Waals surface area contributed by atoms with Gasteiger partial charge in [-0.25, -0.2) is 0 Å². The van der Waals surface area contributed by atoms with Crippen LogP contribution in [0.5, 0.6) is 0 Å². The summed E-state index contributed by atoms with van der Waals surface area (Å²) in [6, 6.07) is 7.14. The Morgan fingerprint density at radius 3 is 2.81 bits per heavy atom. The Kier molecular flexibility index (Phi) is 5.31. The summed E-state index contributed by atoms with van der Waals surface area (Å²) < 4.78 is 1.95. The van der Waals surface area contributed by atoms with Crippen LogP contribution in [-0.2, 0) is 6.54 Å². The number of benzene rings is 1. The third-order valence-electron chi connectivity index (χ3n) is 3.13. The number of halogens is 1. The molecule has 1 aromatic heterocycles. The molecule has 0 saturated carbocycles. The molecule has 6 heteroatoms. The first kappa shape index (κ1) is 15.9. The van der Waals surface area contributed by atoms with E-state index in [2.05, 4.69) is 23.0 Å². The zero-order valence-electron chi connectivity index (χ0n) is 12.1. The highest BCUT2D eigenvalue weighted by molar-refractivity contribution is 7.80. The van der Waals surface area contributed by atoms with Crippen LogP contribution in [-0.4, -0.2) is 22.2 Å². The molecule has 0 saturated heterocycles. The highest BCUT2D eigenvalue weighted by Gasteiger charge is 2.10. The minimum Gasteiger partial charge on any atom is -0.352 e. The second kappa shape index (κ2) is 7.00. The van der Waals surface area contributed by atoms with Gasteiger partial charge < -0.3 is 5.32 Å². The van der Waals surface area contributed by atoms with E-state index in [4.69, 9.17) is 11.6 Å². The molecule has 0 aliphatic rings. The van der Waals surface area contributed by atoms with Gasteiger partial charge in [-0.1, -0.05) is 11.6 Å². The first-order chi connectivity index (χ1) is 9.97. The fourth-order valence-electron chi connectivity index (χ4n) is 2.11. The van der Waals surface area contributed by atoms with E-state index in [0.29, 0.717) is 22.0 Å². The molecule has 112 valence electrons. The average Bonchev–Trinajstić information content (AvgIpc) is 2.75. The number of nitrogens with zero attached hydrogens (tertiary/aromatic N) is 2. The van der Waals surface area contributed by atoms with Crippen molar-refractivity contribution in [3.8, 4) is 0 Å². The van der Waals surface area contributed by atoms with Gasteiger partial charge in [0.05, 0.1) is 16.3 Å². The smallest absolute Gasteiger partial charge is 0.252 e. The van der Waals surface area contributed by atoms with Crippen LogP contribution in [0.25, 0.3) is 0 Å². The Labute approximate surface area is 134 Å². The average molecular weight is 324 g/mol. The van der Waals surface area contributed by atoms with Crippen LogP contribution in [0.2, 0.25) is 5.02 Å². The molecule has 1 heterocycles. The Morgan fingerprint density at radius 1 is 1.38 bits per heavy atom. The number of carbonyl (C=O) groups is 1. The first-order valence-corrected chi connectivity index (χ1v) is 7.57. The molecule has 0 aliphatic carbocycles. The maximum Gasteiger partial charge on any atom is 0.252 e. The van der Waals surface area contributed by atoms with Crippen molar-refractivity contribution in [1.82, 2.24) is 15.1 Å². The van der Waals surface area contributed by atoms with Crippen LogP contribution >= 0.6 is 24.2 Å². The predicted molar refractivity (Wildman–Crippen MR) is 87.4 cm³/mol. The number of hydrogen-bond acceptors (Lipinski definition) is 3. The maximum atomic E-state index is 12.0. The molecule has 2 aromatic rings. The molecule has 1 amide bonds. The minimum atomic E-state index is -0.177. The lowest BCUT2D eigenvalue weighted by molar-refractivity contribution is 0.0952. The molecule has 0 aliphatic heterocycles. The number of amides is 1. The molecule has 1 aromatic carbocycles. The number of aromatic nitrogens is 2. The van der Waals surface area contributed by atoms with Crippen molar-refractivity contribution in [2.45, 2.75) is 31.7 Å². The van der Waals surface area contributed by atoms with Crippen LogP contribution in [0.4, 0.5) is 0 Å². The van der Waals surface area contributed by atoms with Crippen molar-refractivity contribution < 1.29 is 4.79 Å². The van der Waals surface area contributed by atoms with Gasteiger partial charge in [0, 0.05) is 23.7 Å². The lowest BCUT2D eigenvalue weighted by atomic mass is 10.2. The van der Waals surface area contributed by atoms with Gasteiger partial charge in [-0.3, -0.25) is 9.48 Å². The van der Waals surface area contributed by atoms with E-state index in [9.17, 15) is 4.79 Å². The minimum absolute atomic E-state index is 0.177. The molecule has 4 nitrogen and oxygen atoms in total. The van der Waals surface area contributed by atoms with Gasteiger partial charge in [-0.15, -0.1) is 12.6 Å². The van der Waals surface area contributed by atoms with E-state index in [1.54, 1.807) is 18.2 Å². The third-order valence-corrected chi connectivity index (χ3v) is 3.74. The summed E-state index contributed by atoms with van der Waals surface area (Å²) in [5, 5.41) is 7.68. The number of hydrogen-bond donors (Lipinski definition) is 2. The molecule has 0 spiro atoms. The van der Waals surface area contributed by atoms with Crippen molar-refractivity contribution in [2.24, 2.45) is 0 Å². The monoisotopic (exact) mass is 323 g/mol. The lowest BCUT2D eigenvalue weighted by Crippen LogP contribution is -2.25. The number of nitrogens with one attached hydrogen (secondary N) is 1.